The van der Waals surface area contributed by atoms with E-state index in [1.165, 1.54) is 6.20 Å². The van der Waals surface area contributed by atoms with E-state index in [2.05, 4.69) is 16.8 Å². The van der Waals surface area contributed by atoms with Gasteiger partial charge in [-0.1, -0.05) is 11.8 Å². The van der Waals surface area contributed by atoms with E-state index in [0.717, 1.165) is 4.57 Å². The van der Waals surface area contributed by atoms with Gasteiger partial charge in [-0.05, 0) is 6.42 Å². The molecule has 0 saturated carbocycles. The van der Waals surface area contributed by atoms with Crippen LogP contribution >= 0.6 is 0 Å². The molecule has 5 N–H and O–H groups in total. The predicted molar refractivity (Wildman–Crippen MR) is 89.7 cm³/mol. The number of anilines is 1. The van der Waals surface area contributed by atoms with Crippen LogP contribution in [0.4, 0.5) is 19.0 Å². The zero-order valence-electron chi connectivity index (χ0n) is 14.6. The number of aromatic nitrogens is 2. The van der Waals surface area contributed by atoms with Gasteiger partial charge in [-0.3, -0.25) is 9.36 Å². The largest absolute Gasteiger partial charge is 0.471 e. The minimum absolute atomic E-state index is 0.142. The number of unbranched alkanes of at least 4 members (excludes halogenated alkanes) is 1. The number of aliphatic hydroxyl groups is 2. The molecule has 1 aromatic heterocycles. The van der Waals surface area contributed by atoms with Crippen molar-refractivity contribution >= 4 is 11.7 Å². The summed E-state index contributed by atoms with van der Waals surface area (Å²) in [5.74, 6) is 3.14. The Morgan fingerprint density at radius 3 is 2.82 bits per heavy atom. The molecule has 3 atom stereocenters. The average Bonchev–Trinajstić information content (AvgIpc) is 2.99. The van der Waals surface area contributed by atoms with E-state index in [0.29, 0.717) is 0 Å². The number of ether oxygens (including phenoxy) is 1. The zero-order chi connectivity index (χ0) is 20.9. The number of nitrogens with zero attached hydrogens (tertiary/aromatic N) is 2. The summed E-state index contributed by atoms with van der Waals surface area (Å²) < 4.78 is 42.5. The fourth-order valence-electron chi connectivity index (χ4n) is 2.49. The van der Waals surface area contributed by atoms with Gasteiger partial charge in [-0.15, -0.1) is 0 Å². The summed E-state index contributed by atoms with van der Waals surface area (Å²) in [5.41, 5.74) is 5.06. The minimum atomic E-state index is -4.93. The fourth-order valence-corrected chi connectivity index (χ4v) is 2.49. The van der Waals surface area contributed by atoms with Crippen molar-refractivity contribution in [1.29, 1.82) is 0 Å². The molecule has 1 amide bonds. The summed E-state index contributed by atoms with van der Waals surface area (Å²) in [7, 11) is 0. The second-order valence-electron chi connectivity index (χ2n) is 6.02. The molecule has 0 unspecified atom stereocenters. The van der Waals surface area contributed by atoms with Crippen LogP contribution in [-0.4, -0.2) is 57.2 Å². The van der Waals surface area contributed by atoms with E-state index in [9.17, 15) is 27.9 Å². The van der Waals surface area contributed by atoms with Crippen LogP contribution < -0.4 is 16.7 Å². The van der Waals surface area contributed by atoms with E-state index in [1.807, 2.05) is 0 Å². The van der Waals surface area contributed by atoms with Crippen molar-refractivity contribution in [2.45, 2.75) is 43.9 Å². The molecule has 1 aliphatic heterocycles. The first kappa shape index (κ1) is 21.7. The van der Waals surface area contributed by atoms with Crippen molar-refractivity contribution < 1.29 is 32.9 Å². The molecule has 28 heavy (non-hydrogen) atoms. The third kappa shape index (κ3) is 5.44. The normalized spacial score (nSPS) is 21.8. The molecule has 0 aliphatic carbocycles. The Morgan fingerprint density at radius 1 is 1.50 bits per heavy atom. The molecular formula is C16H19F3N4O5. The second kappa shape index (κ2) is 9.05. The standard InChI is InChI=1S/C16H19F3N4O5/c17-16(18,19)14(26)21-5-3-1-2-4-9-7-23(15(27)22-12(9)20)13-11(25)6-10(8-24)28-13/h7,10-11,13,24-25H,1,3,5-6,8H2,(H,21,26)(H2,20,22,27)/t10-,11+,13+/m0/s1. The topological polar surface area (TPSA) is 140 Å². The van der Waals surface area contributed by atoms with Crippen molar-refractivity contribution in [3.63, 3.8) is 0 Å². The van der Waals surface area contributed by atoms with Crippen LogP contribution in [-0.2, 0) is 9.53 Å². The smallest absolute Gasteiger partial charge is 0.394 e. The number of nitrogens with two attached hydrogens (primary N) is 1. The summed E-state index contributed by atoms with van der Waals surface area (Å²) in [6.45, 7) is -0.521. The van der Waals surface area contributed by atoms with Crippen molar-refractivity contribution in [3.05, 3.63) is 22.2 Å². The lowest BCUT2D eigenvalue weighted by Crippen LogP contribution is -2.37. The highest BCUT2D eigenvalue weighted by Crippen LogP contribution is 2.27. The highest BCUT2D eigenvalue weighted by Gasteiger charge is 2.38. The average molecular weight is 404 g/mol. The molecule has 0 radical (unpaired) electrons. The lowest BCUT2D eigenvalue weighted by molar-refractivity contribution is -0.173. The Hall–Kier alpha value is -2.62. The van der Waals surface area contributed by atoms with Gasteiger partial charge in [0, 0.05) is 25.6 Å². The molecule has 1 saturated heterocycles. The molecule has 1 fully saturated rings. The molecule has 9 nitrogen and oxygen atoms in total. The highest BCUT2D eigenvalue weighted by molar-refractivity contribution is 5.81. The number of carbonyl (C=O) groups is 1. The minimum Gasteiger partial charge on any atom is -0.394 e. The van der Waals surface area contributed by atoms with Gasteiger partial charge in [0.2, 0.25) is 0 Å². The fraction of sp³-hybridized carbons (Fsp3) is 0.562. The molecule has 0 bridgehead atoms. The Labute approximate surface area is 157 Å². The highest BCUT2D eigenvalue weighted by atomic mass is 19.4. The first-order valence-corrected chi connectivity index (χ1v) is 8.30. The van der Waals surface area contributed by atoms with Crippen LogP contribution in [0.2, 0.25) is 0 Å². The van der Waals surface area contributed by atoms with Gasteiger partial charge in [-0.2, -0.15) is 18.2 Å². The lowest BCUT2D eigenvalue weighted by atomic mass is 10.2. The number of carbonyl (C=O) groups excluding carboxylic acids is 1. The number of aliphatic hydroxyl groups excluding tert-OH is 2. The molecule has 12 heteroatoms. The number of hydrogen-bond acceptors (Lipinski definition) is 7. The first-order chi connectivity index (χ1) is 13.1. The van der Waals surface area contributed by atoms with Gasteiger partial charge < -0.3 is 26.0 Å². The summed E-state index contributed by atoms with van der Waals surface area (Å²) in [4.78, 5) is 26.3. The Bertz CT molecular complexity index is 830. The van der Waals surface area contributed by atoms with E-state index >= 15 is 0 Å². The Balaban J connectivity index is 2.01. The second-order valence-corrected chi connectivity index (χ2v) is 6.02. The van der Waals surface area contributed by atoms with Crippen LogP contribution in [0.5, 0.6) is 0 Å². The summed E-state index contributed by atoms with van der Waals surface area (Å²) in [5, 5.41) is 20.8. The van der Waals surface area contributed by atoms with Crippen LogP contribution in [0.1, 0.15) is 31.1 Å². The molecule has 2 rings (SSSR count). The third-order valence-corrected chi connectivity index (χ3v) is 3.87. The third-order valence-electron chi connectivity index (χ3n) is 3.87. The number of alkyl halides is 3. The van der Waals surface area contributed by atoms with Gasteiger partial charge in [0.05, 0.1) is 18.3 Å². The maximum Gasteiger partial charge on any atom is 0.471 e. The summed E-state index contributed by atoms with van der Waals surface area (Å²) >= 11 is 0. The number of rotatable bonds is 5. The van der Waals surface area contributed by atoms with E-state index < -0.39 is 36.2 Å². The quantitative estimate of drug-likeness (QED) is 0.375. The molecule has 154 valence electrons. The molecule has 2 heterocycles. The summed E-state index contributed by atoms with van der Waals surface area (Å²) in [6.07, 6.45) is -5.89. The number of nitrogen functional groups attached to an aromatic ring is 1. The van der Waals surface area contributed by atoms with Gasteiger partial charge in [0.15, 0.2) is 6.23 Å². The number of halogens is 3. The molecule has 0 aromatic carbocycles. The van der Waals surface area contributed by atoms with Crippen molar-refractivity contribution in [3.8, 4) is 11.8 Å². The molecule has 1 aromatic rings. The number of amides is 1. The van der Waals surface area contributed by atoms with Crippen LogP contribution in [0.3, 0.4) is 0 Å². The zero-order valence-corrected chi connectivity index (χ0v) is 14.6. The Morgan fingerprint density at radius 2 is 2.21 bits per heavy atom. The van der Waals surface area contributed by atoms with Gasteiger partial charge in [0.1, 0.15) is 11.9 Å². The number of nitrogens with one attached hydrogen (secondary N) is 1. The number of hydrogen-bond donors (Lipinski definition) is 4. The van der Waals surface area contributed by atoms with Crippen molar-refractivity contribution in [1.82, 2.24) is 14.9 Å². The lowest BCUT2D eigenvalue weighted by Gasteiger charge is -2.17. The van der Waals surface area contributed by atoms with Gasteiger partial charge >= 0.3 is 17.8 Å². The van der Waals surface area contributed by atoms with Crippen LogP contribution in [0, 0.1) is 11.8 Å². The molecule has 1 aliphatic rings. The molecule has 0 spiro atoms. The maximum absolute atomic E-state index is 12.0. The Kier molecular flexibility index (Phi) is 7.00. The first-order valence-electron chi connectivity index (χ1n) is 8.30. The van der Waals surface area contributed by atoms with E-state index in [4.69, 9.17) is 15.6 Å². The van der Waals surface area contributed by atoms with E-state index in [-0.39, 0.29) is 43.8 Å². The van der Waals surface area contributed by atoms with Gasteiger partial charge in [0.25, 0.3) is 0 Å². The van der Waals surface area contributed by atoms with Crippen LogP contribution in [0.15, 0.2) is 11.0 Å². The van der Waals surface area contributed by atoms with E-state index in [1.54, 1.807) is 5.32 Å². The monoisotopic (exact) mass is 404 g/mol. The van der Waals surface area contributed by atoms with Gasteiger partial charge in [-0.25, -0.2) is 4.79 Å². The predicted octanol–water partition coefficient (Wildman–Crippen LogP) is -0.724. The van der Waals surface area contributed by atoms with Crippen LogP contribution in [0.25, 0.3) is 0 Å². The SMILES string of the molecule is Nc1nc(=O)n([C@@H]2O[C@H](CO)C[C@H]2O)cc1C#CCCCNC(=O)C(F)(F)F. The van der Waals surface area contributed by atoms with Crippen molar-refractivity contribution in [2.75, 3.05) is 18.9 Å². The molecular weight excluding hydrogens is 385 g/mol. The maximum atomic E-state index is 12.0. The summed E-state index contributed by atoms with van der Waals surface area (Å²) in [6, 6.07) is 0. The van der Waals surface area contributed by atoms with Crippen molar-refractivity contribution in [2.24, 2.45) is 0 Å².